The average Bonchev–Trinajstić information content (AvgIpc) is 3.48. The lowest BCUT2D eigenvalue weighted by atomic mass is 9.93. The number of aromatic nitrogens is 2. The topological polar surface area (TPSA) is 99.3 Å². The molecule has 0 atom stereocenters. The first-order chi connectivity index (χ1) is 18.2. The lowest BCUT2D eigenvalue weighted by molar-refractivity contribution is 0.0914. The van der Waals surface area contributed by atoms with Gasteiger partial charge in [-0.1, -0.05) is 18.2 Å². The van der Waals surface area contributed by atoms with Gasteiger partial charge in [0.2, 0.25) is 0 Å². The number of hydrogen-bond donors (Lipinski definition) is 3. The number of likely N-dealkylation sites (tertiary alicyclic amines) is 1. The van der Waals surface area contributed by atoms with E-state index in [4.69, 9.17) is 4.74 Å². The van der Waals surface area contributed by atoms with Crippen LogP contribution in [-0.4, -0.2) is 53.2 Å². The van der Waals surface area contributed by atoms with Gasteiger partial charge < -0.3 is 20.3 Å². The Morgan fingerprint density at radius 3 is 2.53 bits per heavy atom. The number of fused-ring (bicyclic) bond motifs is 1. The molecule has 2 aromatic heterocycles. The molecule has 0 aliphatic carbocycles. The number of carbonyl (C=O) groups is 2. The Hall–Kier alpha value is -3.76. The fourth-order valence-corrected chi connectivity index (χ4v) is 5.46. The van der Waals surface area contributed by atoms with Gasteiger partial charge in [0.15, 0.2) is 0 Å². The minimum Gasteiger partial charge on any atom is -0.490 e. The SMILES string of the molecule is CN1CCC(Oc2ccc(C(=O)Nc3[nH]nc4sc(C(=O)NC(C)(C)c5ccccc5F)cc34)cc2)CC1. The van der Waals surface area contributed by atoms with Gasteiger partial charge in [-0.2, -0.15) is 5.10 Å². The van der Waals surface area contributed by atoms with E-state index in [2.05, 4.69) is 32.8 Å². The van der Waals surface area contributed by atoms with E-state index in [1.165, 1.54) is 17.4 Å². The number of ether oxygens (including phenoxy) is 1. The van der Waals surface area contributed by atoms with Gasteiger partial charge in [0.25, 0.3) is 11.8 Å². The molecule has 0 spiro atoms. The second-order valence-electron chi connectivity index (χ2n) is 10.1. The van der Waals surface area contributed by atoms with Gasteiger partial charge in [-0.3, -0.25) is 14.7 Å². The predicted octanol–water partition coefficient (Wildman–Crippen LogP) is 5.15. The highest BCUT2D eigenvalue weighted by atomic mass is 32.1. The summed E-state index contributed by atoms with van der Waals surface area (Å²) in [6, 6.07) is 15.1. The molecule has 1 aliphatic heterocycles. The molecule has 0 radical (unpaired) electrons. The molecule has 1 saturated heterocycles. The number of thiophene rings is 1. The third-order valence-electron chi connectivity index (χ3n) is 6.77. The van der Waals surface area contributed by atoms with Crippen molar-refractivity contribution in [2.24, 2.45) is 0 Å². The Labute approximate surface area is 224 Å². The maximum Gasteiger partial charge on any atom is 0.262 e. The van der Waals surface area contributed by atoms with E-state index >= 15 is 0 Å². The zero-order chi connectivity index (χ0) is 26.9. The summed E-state index contributed by atoms with van der Waals surface area (Å²) in [6.45, 7) is 5.52. The fraction of sp³-hybridized carbons (Fsp3) is 0.321. The van der Waals surface area contributed by atoms with E-state index in [0.717, 1.165) is 31.7 Å². The standard InChI is InChI=1S/C28H30FN5O3S/c1-28(2,21-6-4-5-7-22(21)29)31-26(36)23-16-20-24(32-33-27(20)38-23)30-25(35)17-8-10-18(11-9-17)37-19-12-14-34(3)15-13-19/h4-11,16,19H,12-15H2,1-3H3,(H,31,36)(H2,30,32,33,35). The van der Waals surface area contributed by atoms with E-state index in [-0.39, 0.29) is 23.7 Å². The maximum atomic E-state index is 14.3. The van der Waals surface area contributed by atoms with Crippen LogP contribution < -0.4 is 15.4 Å². The van der Waals surface area contributed by atoms with Crippen molar-refractivity contribution < 1.29 is 18.7 Å². The number of halogens is 1. The number of anilines is 1. The highest BCUT2D eigenvalue weighted by molar-refractivity contribution is 7.20. The molecule has 5 rings (SSSR count). The summed E-state index contributed by atoms with van der Waals surface area (Å²) in [6.07, 6.45) is 2.15. The van der Waals surface area contributed by atoms with Crippen molar-refractivity contribution in [1.82, 2.24) is 20.4 Å². The van der Waals surface area contributed by atoms with E-state index in [9.17, 15) is 14.0 Å². The van der Waals surface area contributed by atoms with Gasteiger partial charge in [-0.25, -0.2) is 4.39 Å². The van der Waals surface area contributed by atoms with Gasteiger partial charge in [0.05, 0.1) is 15.8 Å². The van der Waals surface area contributed by atoms with Crippen LogP contribution in [0.15, 0.2) is 54.6 Å². The van der Waals surface area contributed by atoms with E-state index in [1.54, 1.807) is 62.4 Å². The number of hydrogen-bond acceptors (Lipinski definition) is 6. The van der Waals surface area contributed by atoms with E-state index in [0.29, 0.717) is 32.0 Å². The first-order valence-electron chi connectivity index (χ1n) is 12.5. The molecule has 3 heterocycles. The highest BCUT2D eigenvalue weighted by Gasteiger charge is 2.27. The third-order valence-corrected chi connectivity index (χ3v) is 7.80. The number of H-pyrrole nitrogens is 1. The summed E-state index contributed by atoms with van der Waals surface area (Å²) >= 11 is 1.19. The fourth-order valence-electron chi connectivity index (χ4n) is 4.56. The number of aromatic amines is 1. The van der Waals surface area contributed by atoms with Gasteiger partial charge in [0, 0.05) is 24.2 Å². The summed E-state index contributed by atoms with van der Waals surface area (Å²) in [4.78, 5) is 29.2. The van der Waals surface area contributed by atoms with Gasteiger partial charge >= 0.3 is 0 Å². The van der Waals surface area contributed by atoms with Crippen molar-refractivity contribution in [2.75, 3.05) is 25.5 Å². The summed E-state index contributed by atoms with van der Waals surface area (Å²) in [5, 5.41) is 13.4. The summed E-state index contributed by atoms with van der Waals surface area (Å²) in [7, 11) is 2.11. The largest absolute Gasteiger partial charge is 0.490 e. The van der Waals surface area contributed by atoms with Gasteiger partial charge in [0.1, 0.15) is 28.3 Å². The Balaban J connectivity index is 1.24. The number of carbonyl (C=O) groups excluding carboxylic acids is 2. The molecule has 0 saturated carbocycles. The molecule has 3 N–H and O–H groups in total. The van der Waals surface area contributed by atoms with Crippen LogP contribution in [0.4, 0.5) is 10.2 Å². The quantitative estimate of drug-likeness (QED) is 0.304. The molecule has 8 nitrogen and oxygen atoms in total. The minimum atomic E-state index is -0.920. The van der Waals surface area contributed by atoms with Crippen LogP contribution in [0, 0.1) is 5.82 Å². The van der Waals surface area contributed by atoms with Crippen LogP contribution in [0.25, 0.3) is 10.2 Å². The molecule has 0 bridgehead atoms. The van der Waals surface area contributed by atoms with Crippen LogP contribution in [-0.2, 0) is 5.54 Å². The lowest BCUT2D eigenvalue weighted by Gasteiger charge is -2.29. The Morgan fingerprint density at radius 2 is 1.82 bits per heavy atom. The van der Waals surface area contributed by atoms with E-state index in [1.807, 2.05) is 0 Å². The molecule has 10 heteroatoms. The summed E-state index contributed by atoms with van der Waals surface area (Å²) in [5.41, 5.74) is -0.0506. The first kappa shape index (κ1) is 25.9. The molecule has 0 unspecified atom stereocenters. The van der Waals surface area contributed by atoms with Crippen LogP contribution >= 0.6 is 11.3 Å². The molecule has 2 amide bonds. The van der Waals surface area contributed by atoms with Crippen LogP contribution in [0.5, 0.6) is 5.75 Å². The predicted molar refractivity (Wildman–Crippen MR) is 146 cm³/mol. The Bertz CT molecular complexity index is 1450. The zero-order valence-corrected chi connectivity index (χ0v) is 22.3. The van der Waals surface area contributed by atoms with Gasteiger partial charge in [-0.15, -0.1) is 11.3 Å². The number of nitrogens with zero attached hydrogens (tertiary/aromatic N) is 2. The Morgan fingerprint density at radius 1 is 1.11 bits per heavy atom. The zero-order valence-electron chi connectivity index (χ0n) is 21.5. The van der Waals surface area contributed by atoms with Crippen molar-refractivity contribution >= 4 is 39.2 Å². The molecule has 38 heavy (non-hydrogen) atoms. The molecular weight excluding hydrogens is 505 g/mol. The van der Waals surface area contributed by atoms with Crippen molar-refractivity contribution in [1.29, 1.82) is 0 Å². The van der Waals surface area contributed by atoms with Crippen LogP contribution in [0.3, 0.4) is 0 Å². The summed E-state index contributed by atoms with van der Waals surface area (Å²) in [5.74, 6) is 0.107. The average molecular weight is 536 g/mol. The maximum absolute atomic E-state index is 14.3. The first-order valence-corrected chi connectivity index (χ1v) is 13.3. The molecule has 198 valence electrons. The second-order valence-corrected chi connectivity index (χ2v) is 11.1. The Kier molecular flexibility index (Phi) is 7.18. The third kappa shape index (κ3) is 5.56. The van der Waals surface area contributed by atoms with E-state index < -0.39 is 5.54 Å². The molecule has 2 aromatic carbocycles. The highest BCUT2D eigenvalue weighted by Crippen LogP contribution is 2.31. The number of amides is 2. The normalized spacial score (nSPS) is 14.9. The smallest absolute Gasteiger partial charge is 0.262 e. The molecular formula is C28H30FN5O3S. The number of benzene rings is 2. The monoisotopic (exact) mass is 535 g/mol. The van der Waals surface area contributed by atoms with Crippen molar-refractivity contribution in [3.8, 4) is 5.75 Å². The van der Waals surface area contributed by atoms with Crippen molar-refractivity contribution in [3.63, 3.8) is 0 Å². The molecule has 4 aromatic rings. The van der Waals surface area contributed by atoms with Crippen LogP contribution in [0.1, 0.15) is 52.3 Å². The lowest BCUT2D eigenvalue weighted by Crippen LogP contribution is -2.41. The number of piperidine rings is 1. The second kappa shape index (κ2) is 10.5. The van der Waals surface area contributed by atoms with Crippen molar-refractivity contribution in [3.05, 3.63) is 76.4 Å². The number of nitrogens with one attached hydrogen (secondary N) is 3. The molecule has 1 aliphatic rings. The van der Waals surface area contributed by atoms with Crippen LogP contribution in [0.2, 0.25) is 0 Å². The summed E-state index contributed by atoms with van der Waals surface area (Å²) < 4.78 is 20.4. The minimum absolute atomic E-state index is 0.187. The van der Waals surface area contributed by atoms with Gasteiger partial charge in [-0.05, 0) is 70.1 Å². The molecule has 1 fully saturated rings. The number of rotatable bonds is 7. The van der Waals surface area contributed by atoms with Crippen molar-refractivity contribution in [2.45, 2.75) is 38.3 Å².